The number of nitrogens with one attached hydrogen (secondary N) is 1. The fourth-order valence-corrected chi connectivity index (χ4v) is 7.38. The molecule has 1 heterocycles. The molecular weight excluding hydrogens is 474 g/mol. The minimum absolute atomic E-state index is 0.0905. The third-order valence-corrected chi connectivity index (χ3v) is 7.84. The summed E-state index contributed by atoms with van der Waals surface area (Å²) in [5.41, 5.74) is 2.76. The number of carbonyl (C=O) groups is 1. The molecule has 8 heteroatoms. The zero-order chi connectivity index (χ0) is 26.7. The third-order valence-electron chi connectivity index (χ3n) is 5.90. The van der Waals surface area contributed by atoms with Gasteiger partial charge in [0.25, 0.3) is 11.9 Å². The first-order valence-corrected chi connectivity index (χ1v) is 15.6. The van der Waals surface area contributed by atoms with E-state index >= 15 is 0 Å². The topological polar surface area (TPSA) is 79.2 Å². The molecule has 0 aliphatic heterocycles. The summed E-state index contributed by atoms with van der Waals surface area (Å²) in [6.07, 6.45) is 0. The second-order valence-corrected chi connectivity index (χ2v) is 16.2. The van der Waals surface area contributed by atoms with Crippen molar-refractivity contribution in [3.8, 4) is 28.9 Å². The molecule has 0 fully saturated rings. The molecule has 194 valence electrons. The van der Waals surface area contributed by atoms with E-state index in [2.05, 4.69) is 50.9 Å². The summed E-state index contributed by atoms with van der Waals surface area (Å²) >= 11 is 0. The van der Waals surface area contributed by atoms with Crippen LogP contribution in [-0.2, 0) is 5.41 Å². The zero-order valence-electron chi connectivity index (χ0n) is 22.7. The first-order valence-electron chi connectivity index (χ1n) is 11.9. The van der Waals surface area contributed by atoms with Gasteiger partial charge in [0.2, 0.25) is 0 Å². The van der Waals surface area contributed by atoms with Crippen LogP contribution in [0.15, 0.2) is 46.9 Å². The molecule has 1 N–H and O–H groups in total. The molecule has 0 unspecified atom stereocenters. The Kier molecular flexibility index (Phi) is 8.08. The van der Waals surface area contributed by atoms with Crippen LogP contribution in [0.5, 0.6) is 28.9 Å². The number of carbonyl (C=O) groups excluding carboxylic acids is 1. The van der Waals surface area contributed by atoms with Crippen LogP contribution in [0.2, 0.25) is 25.7 Å². The van der Waals surface area contributed by atoms with Crippen molar-refractivity contribution in [1.29, 1.82) is 0 Å². The quantitative estimate of drug-likeness (QED) is 0.288. The van der Waals surface area contributed by atoms with Gasteiger partial charge in [-0.25, -0.2) is 0 Å². The summed E-state index contributed by atoms with van der Waals surface area (Å²) in [7, 11) is 3.32. The van der Waals surface area contributed by atoms with Gasteiger partial charge in [-0.2, -0.15) is 0 Å². The Morgan fingerprint density at radius 3 is 2.08 bits per heavy atom. The van der Waals surface area contributed by atoms with E-state index in [1.807, 2.05) is 13.0 Å². The largest absolute Gasteiger partial charge is 0.496 e. The Morgan fingerprint density at radius 1 is 0.917 bits per heavy atom. The lowest BCUT2D eigenvalue weighted by Crippen LogP contribution is -2.31. The predicted octanol–water partition coefficient (Wildman–Crippen LogP) is 7.27. The molecule has 3 aromatic rings. The van der Waals surface area contributed by atoms with E-state index in [-0.39, 0.29) is 17.1 Å². The number of hydrogen-bond acceptors (Lipinski definition) is 6. The van der Waals surface area contributed by atoms with Crippen molar-refractivity contribution < 1.29 is 28.2 Å². The molecule has 36 heavy (non-hydrogen) atoms. The molecule has 7 nitrogen and oxygen atoms in total. The summed E-state index contributed by atoms with van der Waals surface area (Å²) in [5, 5.41) is 2.79. The molecule has 0 saturated carbocycles. The summed E-state index contributed by atoms with van der Waals surface area (Å²) in [6, 6.07) is 14.0. The standard InChI is InChI=1S/C28H37NO6Si/c1-18-14-19(28(2,3)17-36(7,8)9)10-11-21(18)34-25-13-12-22(35-25)27(30)29-26-23(32-5)15-20(31-4)16-24(26)33-6/h10-16H,17H2,1-9H3,(H,29,30). The van der Waals surface area contributed by atoms with Crippen LogP contribution in [-0.4, -0.2) is 35.3 Å². The van der Waals surface area contributed by atoms with E-state index in [1.54, 1.807) is 31.4 Å². The number of ether oxygens (including phenoxy) is 4. The maximum Gasteiger partial charge on any atom is 0.291 e. The van der Waals surface area contributed by atoms with Crippen molar-refractivity contribution in [2.24, 2.45) is 0 Å². The SMILES string of the molecule is COc1cc(OC)c(NC(=O)c2ccc(Oc3ccc(C(C)(C)C[Si](C)(C)C)cc3C)o2)c(OC)c1. The molecule has 1 aromatic heterocycles. The highest BCUT2D eigenvalue weighted by Gasteiger charge is 2.29. The molecule has 1 amide bonds. The van der Waals surface area contributed by atoms with E-state index in [9.17, 15) is 4.79 Å². The molecule has 0 bridgehead atoms. The van der Waals surface area contributed by atoms with Crippen molar-refractivity contribution in [1.82, 2.24) is 0 Å². The van der Waals surface area contributed by atoms with Crippen LogP contribution < -0.4 is 24.3 Å². The lowest BCUT2D eigenvalue weighted by molar-refractivity contribution is 0.0991. The monoisotopic (exact) mass is 511 g/mol. The van der Waals surface area contributed by atoms with E-state index in [1.165, 1.54) is 25.8 Å². The minimum Gasteiger partial charge on any atom is -0.496 e. The number of furan rings is 1. The molecular formula is C28H37NO6Si. The average molecular weight is 512 g/mol. The third kappa shape index (κ3) is 6.43. The van der Waals surface area contributed by atoms with Crippen molar-refractivity contribution in [2.45, 2.75) is 51.9 Å². The van der Waals surface area contributed by atoms with Gasteiger partial charge in [0.15, 0.2) is 5.76 Å². The average Bonchev–Trinajstić information content (AvgIpc) is 3.27. The van der Waals surface area contributed by atoms with Gasteiger partial charge in [-0.1, -0.05) is 45.6 Å². The molecule has 2 aromatic carbocycles. The second-order valence-electron chi connectivity index (χ2n) is 10.7. The van der Waals surface area contributed by atoms with Gasteiger partial charge >= 0.3 is 0 Å². The maximum absolute atomic E-state index is 12.9. The Bertz CT molecular complexity index is 1200. The van der Waals surface area contributed by atoms with Crippen molar-refractivity contribution in [3.05, 3.63) is 59.4 Å². The van der Waals surface area contributed by atoms with E-state index in [0.717, 1.165) is 5.56 Å². The second kappa shape index (κ2) is 10.7. The van der Waals surface area contributed by atoms with Crippen LogP contribution in [0.4, 0.5) is 5.69 Å². The number of methoxy groups -OCH3 is 3. The van der Waals surface area contributed by atoms with Crippen molar-refractivity contribution in [3.63, 3.8) is 0 Å². The van der Waals surface area contributed by atoms with Gasteiger partial charge in [-0.05, 0) is 41.6 Å². The Labute approximate surface area is 214 Å². The molecule has 0 atom stereocenters. The van der Waals surface area contributed by atoms with Gasteiger partial charge in [-0.15, -0.1) is 0 Å². The van der Waals surface area contributed by atoms with Gasteiger partial charge < -0.3 is 28.7 Å². The Morgan fingerprint density at radius 2 is 1.56 bits per heavy atom. The number of amides is 1. The number of anilines is 1. The number of aryl methyl sites for hydroxylation is 1. The summed E-state index contributed by atoms with van der Waals surface area (Å²) in [5.74, 6) is 1.88. The molecule has 3 rings (SSSR count). The molecule has 0 spiro atoms. The maximum atomic E-state index is 12.9. The Balaban J connectivity index is 1.77. The summed E-state index contributed by atoms with van der Waals surface area (Å²) < 4.78 is 27.7. The smallest absolute Gasteiger partial charge is 0.291 e. The zero-order valence-corrected chi connectivity index (χ0v) is 23.7. The fourth-order valence-electron chi connectivity index (χ4n) is 4.52. The van der Waals surface area contributed by atoms with Crippen molar-refractivity contribution >= 4 is 19.7 Å². The Hall–Kier alpha value is -3.39. The molecule has 0 aliphatic rings. The van der Waals surface area contributed by atoms with Crippen LogP contribution in [0.1, 0.15) is 35.5 Å². The van der Waals surface area contributed by atoms with Crippen LogP contribution in [0.25, 0.3) is 0 Å². The lowest BCUT2D eigenvalue weighted by Gasteiger charge is -2.32. The summed E-state index contributed by atoms with van der Waals surface area (Å²) in [6.45, 7) is 13.8. The number of benzene rings is 2. The first kappa shape index (κ1) is 27.2. The van der Waals surface area contributed by atoms with Crippen molar-refractivity contribution in [2.75, 3.05) is 26.6 Å². The predicted molar refractivity (Wildman–Crippen MR) is 145 cm³/mol. The highest BCUT2D eigenvalue weighted by molar-refractivity contribution is 6.76. The van der Waals surface area contributed by atoms with Gasteiger partial charge in [0.05, 0.1) is 21.3 Å². The lowest BCUT2D eigenvalue weighted by atomic mass is 9.86. The summed E-state index contributed by atoms with van der Waals surface area (Å²) in [4.78, 5) is 12.9. The van der Waals surface area contributed by atoms with Crippen LogP contribution >= 0.6 is 0 Å². The van der Waals surface area contributed by atoms with Gasteiger partial charge in [0.1, 0.15) is 28.7 Å². The highest BCUT2D eigenvalue weighted by Crippen LogP contribution is 2.40. The van der Waals surface area contributed by atoms with Crippen LogP contribution in [0.3, 0.4) is 0 Å². The highest BCUT2D eigenvalue weighted by atomic mass is 28.3. The number of rotatable bonds is 10. The molecule has 0 radical (unpaired) electrons. The van der Waals surface area contributed by atoms with E-state index in [0.29, 0.717) is 28.7 Å². The van der Waals surface area contributed by atoms with Gasteiger partial charge in [0, 0.05) is 26.3 Å². The first-order chi connectivity index (χ1) is 16.9. The van der Waals surface area contributed by atoms with E-state index < -0.39 is 14.0 Å². The fraction of sp³-hybridized carbons (Fsp3) is 0.393. The van der Waals surface area contributed by atoms with Gasteiger partial charge in [-0.3, -0.25) is 4.79 Å². The molecule has 0 saturated heterocycles. The minimum atomic E-state index is -1.23. The molecule has 0 aliphatic carbocycles. The van der Waals surface area contributed by atoms with Crippen LogP contribution in [0, 0.1) is 6.92 Å². The van der Waals surface area contributed by atoms with E-state index in [4.69, 9.17) is 23.4 Å². The number of hydrogen-bond donors (Lipinski definition) is 1. The normalized spacial score (nSPS) is 11.7.